The summed E-state index contributed by atoms with van der Waals surface area (Å²) in [5.74, 6) is -0.615. The van der Waals surface area contributed by atoms with Crippen LogP contribution in [0.25, 0.3) is 22.3 Å². The lowest BCUT2D eigenvalue weighted by molar-refractivity contribution is -0.277. The zero-order valence-corrected chi connectivity index (χ0v) is 18.6. The monoisotopic (exact) mass is 492 g/mol. The van der Waals surface area contributed by atoms with Crippen LogP contribution in [0.3, 0.4) is 0 Å². The summed E-state index contributed by atoms with van der Waals surface area (Å²) in [6, 6.07) is 6.26. The molecule has 12 heteroatoms. The molecule has 0 radical (unpaired) electrons. The molecule has 4 rings (SSSR count). The fourth-order valence-electron chi connectivity index (χ4n) is 3.80. The van der Waals surface area contributed by atoms with E-state index in [1.807, 2.05) is 0 Å². The van der Waals surface area contributed by atoms with Gasteiger partial charge in [0, 0.05) is 23.8 Å². The molecule has 0 aliphatic carbocycles. The van der Waals surface area contributed by atoms with E-state index in [-0.39, 0.29) is 45.5 Å². The predicted octanol–water partition coefficient (Wildman–Crippen LogP) is 0.0671. The molecule has 6 N–H and O–H groups in total. The Morgan fingerprint density at radius 1 is 0.886 bits per heavy atom. The van der Waals surface area contributed by atoms with Crippen LogP contribution in [0.4, 0.5) is 0 Å². The Morgan fingerprint density at radius 2 is 1.54 bits per heavy atom. The van der Waals surface area contributed by atoms with Gasteiger partial charge in [0.2, 0.25) is 12.0 Å². The van der Waals surface area contributed by atoms with Crippen molar-refractivity contribution in [2.45, 2.75) is 30.7 Å². The van der Waals surface area contributed by atoms with Crippen molar-refractivity contribution in [3.05, 3.63) is 40.6 Å². The number of hydrogen-bond donors (Lipinski definition) is 6. The Hall–Kier alpha value is -3.55. The number of aliphatic hydroxyl groups is 4. The third-order valence-electron chi connectivity index (χ3n) is 5.64. The van der Waals surface area contributed by atoms with E-state index < -0.39 is 42.7 Å². The SMILES string of the molecule is COc1cc(-c2cc(=O)c3c(OC4O[C@H](CO)[C@@H](O)[C@H](O)[C@H]4O)cc(O)cc3o2)cc(OC)c1O. The highest BCUT2D eigenvalue weighted by Crippen LogP contribution is 2.41. The number of rotatable bonds is 6. The van der Waals surface area contributed by atoms with Crippen molar-refractivity contribution in [2.75, 3.05) is 20.8 Å². The van der Waals surface area contributed by atoms with Gasteiger partial charge in [-0.1, -0.05) is 0 Å². The standard InChI is InChI=1S/C23H24O12/c1-31-15-3-9(4-16(32-2)19(15)27)12-7-11(26)18-13(33-12)5-10(25)6-14(18)34-23-22(30)21(29)20(28)17(8-24)35-23/h3-7,17,20-25,27-30H,8H2,1-2H3/t17-,20-,21+,22-,23?/m1/s1. The Kier molecular flexibility index (Phi) is 6.74. The van der Waals surface area contributed by atoms with E-state index in [9.17, 15) is 35.4 Å². The molecule has 12 nitrogen and oxygen atoms in total. The van der Waals surface area contributed by atoms with Crippen LogP contribution in [-0.2, 0) is 4.74 Å². The number of fused-ring (bicyclic) bond motifs is 1. The topological polar surface area (TPSA) is 189 Å². The molecule has 1 aromatic heterocycles. The van der Waals surface area contributed by atoms with Crippen LogP contribution in [0, 0.1) is 0 Å². The number of hydrogen-bond acceptors (Lipinski definition) is 12. The minimum Gasteiger partial charge on any atom is -0.508 e. The average molecular weight is 492 g/mol. The second-order valence-electron chi connectivity index (χ2n) is 7.84. The summed E-state index contributed by atoms with van der Waals surface area (Å²) in [5.41, 5.74) is -0.347. The van der Waals surface area contributed by atoms with Gasteiger partial charge in [-0.15, -0.1) is 0 Å². The van der Waals surface area contributed by atoms with Crippen LogP contribution in [-0.4, -0.2) is 82.2 Å². The first-order valence-corrected chi connectivity index (χ1v) is 10.4. The quantitative estimate of drug-likeness (QED) is 0.272. The average Bonchev–Trinajstić information content (AvgIpc) is 2.83. The maximum Gasteiger partial charge on any atom is 0.229 e. The molecule has 5 atom stereocenters. The highest BCUT2D eigenvalue weighted by molar-refractivity contribution is 5.86. The van der Waals surface area contributed by atoms with Crippen molar-refractivity contribution in [3.63, 3.8) is 0 Å². The molecule has 1 fully saturated rings. The number of ether oxygens (including phenoxy) is 4. The summed E-state index contributed by atoms with van der Waals surface area (Å²) >= 11 is 0. The van der Waals surface area contributed by atoms with Crippen LogP contribution in [0.5, 0.6) is 28.7 Å². The third kappa shape index (κ3) is 4.45. The van der Waals surface area contributed by atoms with E-state index in [1.54, 1.807) is 0 Å². The normalized spacial score (nSPS) is 24.3. The summed E-state index contributed by atoms with van der Waals surface area (Å²) in [4.78, 5) is 13.1. The van der Waals surface area contributed by atoms with Gasteiger partial charge in [-0.2, -0.15) is 0 Å². The van der Waals surface area contributed by atoms with E-state index in [0.717, 1.165) is 12.1 Å². The predicted molar refractivity (Wildman–Crippen MR) is 119 cm³/mol. The number of aromatic hydroxyl groups is 2. The number of phenolic OH excluding ortho intramolecular Hbond substituents is 2. The molecule has 3 aromatic rings. The lowest BCUT2D eigenvalue weighted by Gasteiger charge is -2.39. The van der Waals surface area contributed by atoms with Gasteiger partial charge in [0.1, 0.15) is 52.6 Å². The third-order valence-corrected chi connectivity index (χ3v) is 5.64. The Balaban J connectivity index is 1.78. The van der Waals surface area contributed by atoms with Crippen molar-refractivity contribution in [1.82, 2.24) is 0 Å². The first kappa shape index (κ1) is 24.6. The molecule has 0 bridgehead atoms. The van der Waals surface area contributed by atoms with Gasteiger partial charge >= 0.3 is 0 Å². The molecule has 1 aliphatic heterocycles. The molecule has 35 heavy (non-hydrogen) atoms. The van der Waals surface area contributed by atoms with Crippen LogP contribution in [0.1, 0.15) is 0 Å². The summed E-state index contributed by atoms with van der Waals surface area (Å²) < 4.78 is 27.0. The lowest BCUT2D eigenvalue weighted by Crippen LogP contribution is -2.60. The summed E-state index contributed by atoms with van der Waals surface area (Å²) in [6.07, 6.45) is -7.84. The lowest BCUT2D eigenvalue weighted by atomic mass is 9.99. The largest absolute Gasteiger partial charge is 0.508 e. The molecular weight excluding hydrogens is 468 g/mol. The Morgan fingerprint density at radius 3 is 2.14 bits per heavy atom. The second kappa shape index (κ2) is 9.60. The molecule has 188 valence electrons. The molecule has 1 unspecified atom stereocenters. The fraction of sp³-hybridized carbons (Fsp3) is 0.348. The van der Waals surface area contributed by atoms with Crippen molar-refractivity contribution in [3.8, 4) is 40.1 Å². The molecule has 0 saturated carbocycles. The summed E-state index contributed by atoms with van der Waals surface area (Å²) in [5, 5.41) is 59.8. The fourth-order valence-corrected chi connectivity index (χ4v) is 3.80. The van der Waals surface area contributed by atoms with Gasteiger partial charge in [-0.3, -0.25) is 4.79 Å². The first-order valence-electron chi connectivity index (χ1n) is 10.4. The minimum absolute atomic E-state index is 0.0588. The summed E-state index contributed by atoms with van der Waals surface area (Å²) in [7, 11) is 2.69. The maximum atomic E-state index is 13.1. The van der Waals surface area contributed by atoms with Crippen LogP contribution < -0.4 is 19.6 Å². The van der Waals surface area contributed by atoms with Gasteiger partial charge in [0.25, 0.3) is 0 Å². The second-order valence-corrected chi connectivity index (χ2v) is 7.84. The molecular formula is C23H24O12. The minimum atomic E-state index is -1.73. The molecule has 2 heterocycles. The number of methoxy groups -OCH3 is 2. The Bertz CT molecular complexity index is 1260. The molecule has 0 amide bonds. The van der Waals surface area contributed by atoms with Crippen LogP contribution >= 0.6 is 0 Å². The van der Waals surface area contributed by atoms with Gasteiger partial charge in [-0.25, -0.2) is 0 Å². The van der Waals surface area contributed by atoms with Gasteiger partial charge < -0.3 is 54.0 Å². The highest BCUT2D eigenvalue weighted by atomic mass is 16.7. The van der Waals surface area contributed by atoms with Crippen LogP contribution in [0.15, 0.2) is 39.5 Å². The number of aliphatic hydroxyl groups excluding tert-OH is 4. The van der Waals surface area contributed by atoms with Crippen molar-refractivity contribution >= 4 is 11.0 Å². The van der Waals surface area contributed by atoms with Crippen molar-refractivity contribution < 1.29 is 54.0 Å². The van der Waals surface area contributed by atoms with Gasteiger partial charge in [0.05, 0.1) is 20.8 Å². The molecule has 1 aliphatic rings. The van der Waals surface area contributed by atoms with E-state index in [2.05, 4.69) is 0 Å². The molecule has 1 saturated heterocycles. The zero-order valence-electron chi connectivity index (χ0n) is 18.6. The molecule has 2 aromatic carbocycles. The van der Waals surface area contributed by atoms with Gasteiger partial charge in [-0.05, 0) is 12.1 Å². The Labute approximate surface area is 197 Å². The van der Waals surface area contributed by atoms with Gasteiger partial charge in [0.15, 0.2) is 16.9 Å². The van der Waals surface area contributed by atoms with Crippen LogP contribution in [0.2, 0.25) is 0 Å². The highest BCUT2D eigenvalue weighted by Gasteiger charge is 2.45. The van der Waals surface area contributed by atoms with E-state index >= 15 is 0 Å². The molecule has 0 spiro atoms. The first-order chi connectivity index (χ1) is 16.7. The number of phenols is 2. The smallest absolute Gasteiger partial charge is 0.229 e. The van der Waals surface area contributed by atoms with E-state index in [0.29, 0.717) is 5.56 Å². The van der Waals surface area contributed by atoms with Crippen molar-refractivity contribution in [2.24, 2.45) is 0 Å². The van der Waals surface area contributed by atoms with Crippen molar-refractivity contribution in [1.29, 1.82) is 0 Å². The number of benzene rings is 2. The zero-order chi connectivity index (χ0) is 25.4. The summed E-state index contributed by atoms with van der Waals surface area (Å²) in [6.45, 7) is -0.670. The maximum absolute atomic E-state index is 13.1. The van der Waals surface area contributed by atoms with E-state index in [4.69, 9.17) is 23.4 Å². The van der Waals surface area contributed by atoms with E-state index in [1.165, 1.54) is 32.4 Å².